The summed E-state index contributed by atoms with van der Waals surface area (Å²) in [5, 5.41) is 1.71. The molecule has 0 N–H and O–H groups in total. The van der Waals surface area contributed by atoms with E-state index in [-0.39, 0.29) is 5.91 Å². The maximum absolute atomic E-state index is 13.1. The quantitative estimate of drug-likeness (QED) is 0.626. The van der Waals surface area contributed by atoms with Crippen molar-refractivity contribution in [2.24, 2.45) is 0 Å². The second kappa shape index (κ2) is 7.97. The molecule has 0 aliphatic carbocycles. The molecule has 0 unspecified atom stereocenters. The molecule has 2 heterocycles. The van der Waals surface area contributed by atoms with Gasteiger partial charge in [-0.2, -0.15) is 0 Å². The predicted octanol–water partition coefficient (Wildman–Crippen LogP) is 4.62. The van der Waals surface area contributed by atoms with Crippen molar-refractivity contribution in [3.8, 4) is 5.75 Å². The third-order valence-electron chi connectivity index (χ3n) is 4.98. The molecule has 0 spiro atoms. The average Bonchev–Trinajstić information content (AvgIpc) is 2.94. The van der Waals surface area contributed by atoms with Crippen molar-refractivity contribution in [3.63, 3.8) is 0 Å². The average molecular weight is 416 g/mol. The minimum Gasteiger partial charge on any atom is -0.496 e. The Kier molecular flexibility index (Phi) is 5.42. The number of aryl methyl sites for hydroxylation is 1. The molecule has 1 aromatic heterocycles. The van der Waals surface area contributed by atoms with Crippen LogP contribution in [0.3, 0.4) is 0 Å². The monoisotopic (exact) mass is 415 g/mol. The lowest BCUT2D eigenvalue weighted by molar-refractivity contribution is 0.0763. The van der Waals surface area contributed by atoms with E-state index in [4.69, 9.17) is 21.3 Å². The summed E-state index contributed by atoms with van der Waals surface area (Å²) in [7, 11) is 1.61. The standard InChI is InChI=1S/C21H22ClN3O2S/c1-14-4-6-16(18(12-14)27-2)20(26)24-8-3-9-25(11-10-24)21-23-17-7-5-15(22)13-19(17)28-21/h4-7,12-13H,3,8-11H2,1-2H3. The zero-order valence-electron chi connectivity index (χ0n) is 15.9. The van der Waals surface area contributed by atoms with E-state index in [1.807, 2.05) is 48.2 Å². The molecule has 4 rings (SSSR count). The number of aromatic nitrogens is 1. The summed E-state index contributed by atoms with van der Waals surface area (Å²) >= 11 is 7.75. The van der Waals surface area contributed by atoms with Gasteiger partial charge in [0.25, 0.3) is 5.91 Å². The number of amides is 1. The Hall–Kier alpha value is -2.31. The van der Waals surface area contributed by atoms with Crippen LogP contribution in [0.2, 0.25) is 5.02 Å². The van der Waals surface area contributed by atoms with Crippen molar-refractivity contribution < 1.29 is 9.53 Å². The molecule has 1 aliphatic heterocycles. The van der Waals surface area contributed by atoms with Gasteiger partial charge in [-0.15, -0.1) is 0 Å². The van der Waals surface area contributed by atoms with Crippen LogP contribution in [0.25, 0.3) is 10.2 Å². The Morgan fingerprint density at radius 3 is 2.82 bits per heavy atom. The van der Waals surface area contributed by atoms with E-state index in [1.165, 1.54) is 0 Å². The summed E-state index contributed by atoms with van der Waals surface area (Å²) in [6.07, 6.45) is 0.899. The van der Waals surface area contributed by atoms with Crippen LogP contribution in [0, 0.1) is 6.92 Å². The van der Waals surface area contributed by atoms with Gasteiger partial charge in [0.2, 0.25) is 0 Å². The summed E-state index contributed by atoms with van der Waals surface area (Å²) in [5.41, 5.74) is 2.66. The van der Waals surface area contributed by atoms with Crippen molar-refractivity contribution in [2.75, 3.05) is 38.2 Å². The number of methoxy groups -OCH3 is 1. The second-order valence-corrected chi connectivity index (χ2v) is 8.39. The van der Waals surface area contributed by atoms with E-state index < -0.39 is 0 Å². The van der Waals surface area contributed by atoms with Crippen LogP contribution in [0.4, 0.5) is 5.13 Å². The first kappa shape index (κ1) is 19.0. The highest BCUT2D eigenvalue weighted by Gasteiger charge is 2.24. The number of rotatable bonds is 3. The fourth-order valence-electron chi connectivity index (χ4n) is 3.48. The molecule has 0 radical (unpaired) electrons. The fourth-order valence-corrected chi connectivity index (χ4v) is 4.77. The first-order valence-electron chi connectivity index (χ1n) is 9.30. The molecule has 3 aromatic rings. The van der Waals surface area contributed by atoms with Crippen molar-refractivity contribution in [1.82, 2.24) is 9.88 Å². The highest BCUT2D eigenvalue weighted by Crippen LogP contribution is 2.31. The van der Waals surface area contributed by atoms with Gasteiger partial charge in [-0.05, 0) is 49.2 Å². The predicted molar refractivity (Wildman–Crippen MR) is 115 cm³/mol. The number of halogens is 1. The molecule has 1 amide bonds. The second-order valence-electron chi connectivity index (χ2n) is 6.95. The fraction of sp³-hybridized carbons (Fsp3) is 0.333. The topological polar surface area (TPSA) is 45.7 Å². The molecule has 1 saturated heterocycles. The van der Waals surface area contributed by atoms with Gasteiger partial charge < -0.3 is 14.5 Å². The number of anilines is 1. The normalized spacial score (nSPS) is 15.0. The van der Waals surface area contributed by atoms with Crippen molar-refractivity contribution in [2.45, 2.75) is 13.3 Å². The summed E-state index contributed by atoms with van der Waals surface area (Å²) in [4.78, 5) is 22.0. The van der Waals surface area contributed by atoms with Crippen LogP contribution in [-0.2, 0) is 0 Å². The minimum absolute atomic E-state index is 0.0229. The molecule has 0 saturated carbocycles. The number of carbonyl (C=O) groups excluding carboxylic acids is 1. The number of carbonyl (C=O) groups is 1. The minimum atomic E-state index is 0.0229. The lowest BCUT2D eigenvalue weighted by Gasteiger charge is -2.22. The van der Waals surface area contributed by atoms with Crippen LogP contribution in [0.5, 0.6) is 5.75 Å². The lowest BCUT2D eigenvalue weighted by atomic mass is 10.1. The largest absolute Gasteiger partial charge is 0.496 e. The maximum atomic E-state index is 13.1. The van der Waals surface area contributed by atoms with Gasteiger partial charge in [0.1, 0.15) is 5.75 Å². The number of ether oxygens (including phenoxy) is 1. The molecule has 7 heteroatoms. The van der Waals surface area contributed by atoms with Crippen LogP contribution >= 0.6 is 22.9 Å². The van der Waals surface area contributed by atoms with E-state index in [1.54, 1.807) is 18.4 Å². The molecule has 28 heavy (non-hydrogen) atoms. The van der Waals surface area contributed by atoms with E-state index in [2.05, 4.69) is 4.90 Å². The van der Waals surface area contributed by atoms with E-state index >= 15 is 0 Å². The molecule has 146 valence electrons. The van der Waals surface area contributed by atoms with Gasteiger partial charge in [-0.1, -0.05) is 29.0 Å². The first-order chi connectivity index (χ1) is 13.5. The molecule has 0 atom stereocenters. The van der Waals surface area contributed by atoms with Gasteiger partial charge in [0.15, 0.2) is 5.13 Å². The Labute approximate surface area is 173 Å². The van der Waals surface area contributed by atoms with Crippen LogP contribution in [0.15, 0.2) is 36.4 Å². The zero-order valence-corrected chi connectivity index (χ0v) is 17.5. The van der Waals surface area contributed by atoms with E-state index in [0.29, 0.717) is 17.9 Å². The lowest BCUT2D eigenvalue weighted by Crippen LogP contribution is -2.35. The van der Waals surface area contributed by atoms with Gasteiger partial charge in [0, 0.05) is 31.2 Å². The van der Waals surface area contributed by atoms with Crippen molar-refractivity contribution >= 4 is 44.2 Å². The summed E-state index contributed by atoms with van der Waals surface area (Å²) in [6.45, 7) is 5.01. The number of benzene rings is 2. The third kappa shape index (κ3) is 3.80. The van der Waals surface area contributed by atoms with Gasteiger partial charge in [0.05, 0.1) is 22.9 Å². The van der Waals surface area contributed by atoms with Gasteiger partial charge in [-0.3, -0.25) is 4.79 Å². The SMILES string of the molecule is COc1cc(C)ccc1C(=O)N1CCCN(c2nc3ccc(Cl)cc3s2)CC1. The maximum Gasteiger partial charge on any atom is 0.257 e. The van der Waals surface area contributed by atoms with Crippen LogP contribution < -0.4 is 9.64 Å². The number of nitrogens with zero attached hydrogens (tertiary/aromatic N) is 3. The van der Waals surface area contributed by atoms with Gasteiger partial charge in [-0.25, -0.2) is 4.98 Å². The highest BCUT2D eigenvalue weighted by atomic mass is 35.5. The summed E-state index contributed by atoms with van der Waals surface area (Å²) < 4.78 is 6.51. The summed E-state index contributed by atoms with van der Waals surface area (Å²) in [6, 6.07) is 11.5. The number of hydrogen-bond donors (Lipinski definition) is 0. The first-order valence-corrected chi connectivity index (χ1v) is 10.5. The Balaban J connectivity index is 1.51. The Morgan fingerprint density at radius 1 is 1.14 bits per heavy atom. The number of thiazole rings is 1. The number of hydrogen-bond acceptors (Lipinski definition) is 5. The van der Waals surface area contributed by atoms with Crippen LogP contribution in [-0.4, -0.2) is 49.1 Å². The molecule has 5 nitrogen and oxygen atoms in total. The molecule has 0 bridgehead atoms. The zero-order chi connectivity index (χ0) is 19.7. The molecular weight excluding hydrogens is 394 g/mol. The Bertz CT molecular complexity index is 1020. The van der Waals surface area contributed by atoms with E-state index in [9.17, 15) is 4.79 Å². The molecule has 1 fully saturated rings. The van der Waals surface area contributed by atoms with Crippen LogP contribution in [0.1, 0.15) is 22.3 Å². The van der Waals surface area contributed by atoms with Crippen molar-refractivity contribution in [1.29, 1.82) is 0 Å². The highest BCUT2D eigenvalue weighted by molar-refractivity contribution is 7.22. The molecular formula is C21H22ClN3O2S. The number of fused-ring (bicyclic) bond motifs is 1. The van der Waals surface area contributed by atoms with Crippen molar-refractivity contribution in [3.05, 3.63) is 52.5 Å². The molecule has 1 aliphatic rings. The molecule has 2 aromatic carbocycles. The smallest absolute Gasteiger partial charge is 0.257 e. The summed E-state index contributed by atoms with van der Waals surface area (Å²) in [5.74, 6) is 0.656. The Morgan fingerprint density at radius 2 is 2.00 bits per heavy atom. The van der Waals surface area contributed by atoms with E-state index in [0.717, 1.165) is 52.0 Å². The third-order valence-corrected chi connectivity index (χ3v) is 6.29. The van der Waals surface area contributed by atoms with Gasteiger partial charge >= 0.3 is 0 Å².